The Morgan fingerprint density at radius 3 is 2.83 bits per heavy atom. The van der Waals surface area contributed by atoms with Gasteiger partial charge in [0.15, 0.2) is 5.13 Å². The zero-order valence-electron chi connectivity index (χ0n) is 15.2. The van der Waals surface area contributed by atoms with Gasteiger partial charge in [0.2, 0.25) is 12.5 Å². The number of halogens is 1. The topological polar surface area (TPSA) is 137 Å². The van der Waals surface area contributed by atoms with E-state index < -0.39 is 0 Å². The zero-order valence-corrected chi connectivity index (χ0v) is 17.6. The number of nitrogens with zero attached hydrogens (tertiary/aromatic N) is 4. The van der Waals surface area contributed by atoms with Gasteiger partial charge >= 0.3 is 0 Å². The average molecular weight is 461 g/mol. The maximum absolute atomic E-state index is 12.6. The number of nitro groups is 1. The standard InChI is InChI=1S/C18H13ClN6O3S2/c19-10-7-9(4-6-25(27)28)8-14-15(10)23-18(30-14)24-16(26)13-2-1-12(29-13)11-3-5-21-17(20)22-11/h1-3,5,7-8H,4,6H2,(H2,20,21,22)(H,23,24,26). The van der Waals surface area contributed by atoms with Gasteiger partial charge in [-0.15, -0.1) is 11.3 Å². The Morgan fingerprint density at radius 1 is 1.23 bits per heavy atom. The van der Waals surface area contributed by atoms with Gasteiger partial charge in [-0.2, -0.15) is 0 Å². The molecule has 1 amide bonds. The molecular weight excluding hydrogens is 448 g/mol. The minimum Gasteiger partial charge on any atom is -0.368 e. The summed E-state index contributed by atoms with van der Waals surface area (Å²) in [6, 6.07) is 8.68. The van der Waals surface area contributed by atoms with Gasteiger partial charge in [-0.1, -0.05) is 22.9 Å². The van der Waals surface area contributed by atoms with E-state index in [0.717, 1.165) is 15.1 Å². The first-order valence-electron chi connectivity index (χ1n) is 8.60. The van der Waals surface area contributed by atoms with Crippen LogP contribution in [0.4, 0.5) is 11.1 Å². The Bertz CT molecular complexity index is 1270. The first-order chi connectivity index (χ1) is 14.4. The highest BCUT2D eigenvalue weighted by atomic mass is 35.5. The summed E-state index contributed by atoms with van der Waals surface area (Å²) in [5.74, 6) is -0.145. The van der Waals surface area contributed by atoms with E-state index in [1.807, 2.05) is 0 Å². The highest BCUT2D eigenvalue weighted by molar-refractivity contribution is 7.22. The smallest absolute Gasteiger partial charge is 0.267 e. The van der Waals surface area contributed by atoms with Gasteiger partial charge in [0, 0.05) is 17.5 Å². The number of hydrogen-bond acceptors (Lipinski definition) is 9. The first-order valence-corrected chi connectivity index (χ1v) is 10.6. The summed E-state index contributed by atoms with van der Waals surface area (Å²) < 4.78 is 0.750. The van der Waals surface area contributed by atoms with Crippen molar-refractivity contribution in [1.82, 2.24) is 15.0 Å². The van der Waals surface area contributed by atoms with Crippen molar-refractivity contribution >= 4 is 61.5 Å². The van der Waals surface area contributed by atoms with Crippen LogP contribution in [-0.4, -0.2) is 32.3 Å². The van der Waals surface area contributed by atoms with Crippen molar-refractivity contribution in [1.29, 1.82) is 0 Å². The summed E-state index contributed by atoms with van der Waals surface area (Å²) >= 11 is 8.80. The number of nitrogens with two attached hydrogens (primary N) is 1. The molecule has 1 aromatic carbocycles. The van der Waals surface area contributed by atoms with Crippen LogP contribution in [0, 0.1) is 10.1 Å². The molecule has 0 saturated heterocycles. The van der Waals surface area contributed by atoms with Gasteiger partial charge in [-0.3, -0.25) is 20.2 Å². The van der Waals surface area contributed by atoms with Crippen LogP contribution >= 0.6 is 34.3 Å². The summed E-state index contributed by atoms with van der Waals surface area (Å²) in [5.41, 5.74) is 7.54. The van der Waals surface area contributed by atoms with Crippen molar-refractivity contribution in [3.8, 4) is 10.6 Å². The fourth-order valence-corrected chi connectivity index (χ4v) is 4.89. The molecule has 0 unspecified atom stereocenters. The highest BCUT2D eigenvalue weighted by Gasteiger charge is 2.15. The van der Waals surface area contributed by atoms with Crippen LogP contribution in [0.1, 0.15) is 15.2 Å². The number of thiophene rings is 1. The molecule has 0 aliphatic heterocycles. The summed E-state index contributed by atoms with van der Waals surface area (Å²) in [4.78, 5) is 36.5. The van der Waals surface area contributed by atoms with Crippen molar-refractivity contribution < 1.29 is 9.72 Å². The Balaban J connectivity index is 1.53. The predicted molar refractivity (Wildman–Crippen MR) is 118 cm³/mol. The Hall–Kier alpha value is -3.15. The van der Waals surface area contributed by atoms with Crippen molar-refractivity contribution in [2.24, 2.45) is 0 Å². The Kier molecular flexibility index (Phi) is 5.57. The zero-order chi connectivity index (χ0) is 21.3. The number of carbonyl (C=O) groups is 1. The lowest BCUT2D eigenvalue weighted by atomic mass is 10.1. The number of nitrogens with one attached hydrogen (secondary N) is 1. The fourth-order valence-electron chi connectivity index (χ4n) is 2.73. The number of rotatable bonds is 6. The summed E-state index contributed by atoms with van der Waals surface area (Å²) in [6.07, 6.45) is 1.83. The van der Waals surface area contributed by atoms with E-state index in [2.05, 4.69) is 20.3 Å². The van der Waals surface area contributed by atoms with Gasteiger partial charge in [0.25, 0.3) is 5.91 Å². The van der Waals surface area contributed by atoms with Crippen LogP contribution in [0.2, 0.25) is 5.02 Å². The van der Waals surface area contributed by atoms with E-state index in [1.54, 1.807) is 36.5 Å². The van der Waals surface area contributed by atoms with Crippen LogP contribution in [0.5, 0.6) is 0 Å². The second-order valence-corrected chi connectivity index (χ2v) is 8.69. The van der Waals surface area contributed by atoms with E-state index in [0.29, 0.717) is 26.2 Å². The summed E-state index contributed by atoms with van der Waals surface area (Å²) in [5, 5.41) is 14.2. The minimum atomic E-state index is -0.373. The highest BCUT2D eigenvalue weighted by Crippen LogP contribution is 2.33. The third-order valence-electron chi connectivity index (χ3n) is 4.07. The maximum Gasteiger partial charge on any atom is 0.267 e. The molecule has 0 aliphatic carbocycles. The van der Waals surface area contributed by atoms with Crippen LogP contribution in [-0.2, 0) is 6.42 Å². The number of nitrogen functional groups attached to an aromatic ring is 1. The molecule has 4 rings (SSSR count). The van der Waals surface area contributed by atoms with Crippen molar-refractivity contribution in [2.45, 2.75) is 6.42 Å². The fraction of sp³-hybridized carbons (Fsp3) is 0.111. The van der Waals surface area contributed by atoms with E-state index in [1.165, 1.54) is 22.7 Å². The molecule has 0 aliphatic rings. The van der Waals surface area contributed by atoms with Crippen LogP contribution in [0.25, 0.3) is 20.8 Å². The molecule has 0 fully saturated rings. The number of carbonyl (C=O) groups excluding carboxylic acids is 1. The van der Waals surface area contributed by atoms with Crippen molar-refractivity contribution in [2.75, 3.05) is 17.6 Å². The third-order valence-corrected chi connectivity index (χ3v) is 6.38. The molecule has 3 N–H and O–H groups in total. The normalized spacial score (nSPS) is 11.0. The number of benzene rings is 1. The molecule has 3 aromatic heterocycles. The predicted octanol–water partition coefficient (Wildman–Crippen LogP) is 4.12. The molecule has 0 saturated carbocycles. The lowest BCUT2D eigenvalue weighted by molar-refractivity contribution is -0.479. The number of hydrogen-bond donors (Lipinski definition) is 2. The SMILES string of the molecule is Nc1nccc(-c2ccc(C(=O)Nc3nc4c(Cl)cc(CC[N+](=O)[O-])cc4s3)s2)n1. The quantitative estimate of drug-likeness (QED) is 0.326. The van der Waals surface area contributed by atoms with Crippen molar-refractivity contribution in [3.63, 3.8) is 0 Å². The van der Waals surface area contributed by atoms with Gasteiger partial charge in [0.1, 0.15) is 5.52 Å². The molecule has 0 atom stereocenters. The number of thiazole rings is 1. The second-order valence-electron chi connectivity index (χ2n) is 6.17. The minimum absolute atomic E-state index is 0.163. The molecule has 0 bridgehead atoms. The van der Waals surface area contributed by atoms with Gasteiger partial charge in [-0.25, -0.2) is 15.0 Å². The Morgan fingerprint density at radius 2 is 2.07 bits per heavy atom. The number of amides is 1. The molecule has 3 heterocycles. The van der Waals surface area contributed by atoms with Gasteiger partial charge in [0.05, 0.1) is 25.2 Å². The van der Waals surface area contributed by atoms with Crippen LogP contribution in [0.3, 0.4) is 0 Å². The average Bonchev–Trinajstić information content (AvgIpc) is 3.34. The van der Waals surface area contributed by atoms with E-state index in [9.17, 15) is 14.9 Å². The Labute approximate surface area is 182 Å². The molecule has 4 aromatic rings. The summed E-state index contributed by atoms with van der Waals surface area (Å²) in [7, 11) is 0. The number of aromatic nitrogens is 3. The van der Waals surface area contributed by atoms with Gasteiger partial charge in [-0.05, 0) is 35.9 Å². The second kappa shape index (κ2) is 8.30. The van der Waals surface area contributed by atoms with E-state index in [-0.39, 0.29) is 29.7 Å². The summed E-state index contributed by atoms with van der Waals surface area (Å²) in [6.45, 7) is -0.178. The lowest BCUT2D eigenvalue weighted by Gasteiger charge is -1.99. The van der Waals surface area contributed by atoms with Gasteiger partial charge < -0.3 is 5.73 Å². The van der Waals surface area contributed by atoms with Crippen LogP contribution < -0.4 is 11.1 Å². The lowest BCUT2D eigenvalue weighted by Crippen LogP contribution is -2.09. The molecule has 0 spiro atoms. The van der Waals surface area contributed by atoms with Crippen molar-refractivity contribution in [3.05, 3.63) is 62.1 Å². The molecular formula is C18H13ClN6O3S2. The molecule has 30 heavy (non-hydrogen) atoms. The molecule has 0 radical (unpaired) electrons. The largest absolute Gasteiger partial charge is 0.368 e. The first kappa shape index (κ1) is 20.1. The van der Waals surface area contributed by atoms with E-state index in [4.69, 9.17) is 17.3 Å². The maximum atomic E-state index is 12.6. The monoisotopic (exact) mass is 460 g/mol. The molecule has 12 heteroatoms. The molecule has 9 nitrogen and oxygen atoms in total. The van der Waals surface area contributed by atoms with E-state index >= 15 is 0 Å². The number of anilines is 2. The third kappa shape index (κ3) is 4.37. The van der Waals surface area contributed by atoms with Crippen LogP contribution in [0.15, 0.2) is 36.5 Å². The molecule has 152 valence electrons. The number of fused-ring (bicyclic) bond motifs is 1.